The van der Waals surface area contributed by atoms with Crippen molar-refractivity contribution in [3.8, 4) is 0 Å². The maximum atomic E-state index is 11.6. The van der Waals surface area contributed by atoms with Crippen molar-refractivity contribution >= 4 is 16.7 Å². The Labute approximate surface area is 119 Å². The van der Waals surface area contributed by atoms with Crippen molar-refractivity contribution in [2.75, 3.05) is 6.54 Å². The van der Waals surface area contributed by atoms with Crippen molar-refractivity contribution in [3.05, 3.63) is 48.0 Å². The van der Waals surface area contributed by atoms with Crippen LogP contribution in [0.1, 0.15) is 32.4 Å². The average molecular weight is 271 g/mol. The molecule has 20 heavy (non-hydrogen) atoms. The number of benzene rings is 2. The molecule has 0 radical (unpaired) electrons. The third-order valence-corrected chi connectivity index (χ3v) is 3.56. The number of carbonyl (C=O) groups excluding carboxylic acids is 1. The van der Waals surface area contributed by atoms with Gasteiger partial charge in [-0.25, -0.2) is 0 Å². The molecule has 0 aromatic heterocycles. The van der Waals surface area contributed by atoms with E-state index in [9.17, 15) is 9.90 Å². The fraction of sp³-hybridized carbons (Fsp3) is 0.353. The van der Waals surface area contributed by atoms with Crippen LogP contribution in [0.2, 0.25) is 0 Å². The number of hydrogen-bond acceptors (Lipinski definition) is 2. The lowest BCUT2D eigenvalue weighted by Gasteiger charge is -2.28. The Bertz CT molecular complexity index is 607. The van der Waals surface area contributed by atoms with Gasteiger partial charge in [0.1, 0.15) is 0 Å². The van der Waals surface area contributed by atoms with Gasteiger partial charge < -0.3 is 10.0 Å². The molecule has 3 heteroatoms. The number of hydrogen-bond donors (Lipinski definition) is 1. The lowest BCUT2D eigenvalue weighted by Crippen LogP contribution is -2.38. The first kappa shape index (κ1) is 14.5. The summed E-state index contributed by atoms with van der Waals surface area (Å²) in [6, 6.07) is 14.0. The third kappa shape index (κ3) is 3.17. The molecule has 0 saturated heterocycles. The second-order valence-electron chi connectivity index (χ2n) is 5.39. The Hall–Kier alpha value is -1.87. The van der Waals surface area contributed by atoms with Crippen LogP contribution in [-0.4, -0.2) is 28.5 Å². The summed E-state index contributed by atoms with van der Waals surface area (Å²) in [6.07, 6.45) is -0.661. The van der Waals surface area contributed by atoms with Gasteiger partial charge in [-0.3, -0.25) is 4.79 Å². The quantitative estimate of drug-likeness (QED) is 0.928. The molecular weight excluding hydrogens is 250 g/mol. The Balaban J connectivity index is 2.22. The number of amides is 1. The number of aliphatic hydroxyl groups excluding tert-OH is 1. The van der Waals surface area contributed by atoms with Crippen molar-refractivity contribution < 1.29 is 9.90 Å². The summed E-state index contributed by atoms with van der Waals surface area (Å²) in [4.78, 5) is 13.3. The van der Waals surface area contributed by atoms with Crippen molar-refractivity contribution in [2.45, 2.75) is 32.9 Å². The minimum absolute atomic E-state index is 0.0140. The van der Waals surface area contributed by atoms with Gasteiger partial charge in [-0.15, -0.1) is 0 Å². The van der Waals surface area contributed by atoms with Crippen LogP contribution >= 0.6 is 0 Å². The van der Waals surface area contributed by atoms with Crippen LogP contribution in [-0.2, 0) is 4.79 Å². The first-order valence-corrected chi connectivity index (χ1v) is 6.93. The lowest BCUT2D eigenvalue weighted by atomic mass is 10.0. The molecule has 0 unspecified atom stereocenters. The molecule has 0 fully saturated rings. The van der Waals surface area contributed by atoms with Gasteiger partial charge in [-0.05, 0) is 36.2 Å². The Kier molecular flexibility index (Phi) is 4.40. The largest absolute Gasteiger partial charge is 0.387 e. The topological polar surface area (TPSA) is 40.5 Å². The molecule has 2 aromatic carbocycles. The first-order valence-electron chi connectivity index (χ1n) is 6.93. The molecule has 0 aliphatic heterocycles. The summed E-state index contributed by atoms with van der Waals surface area (Å²) in [5.74, 6) is -0.0140. The molecule has 0 heterocycles. The third-order valence-electron chi connectivity index (χ3n) is 3.56. The maximum absolute atomic E-state index is 11.6. The van der Waals surface area contributed by atoms with E-state index in [-0.39, 0.29) is 11.9 Å². The molecular formula is C17H21NO2. The Morgan fingerprint density at radius 3 is 2.40 bits per heavy atom. The van der Waals surface area contributed by atoms with E-state index in [4.69, 9.17) is 0 Å². The maximum Gasteiger partial charge on any atom is 0.219 e. The van der Waals surface area contributed by atoms with E-state index < -0.39 is 6.10 Å². The van der Waals surface area contributed by atoms with Crippen LogP contribution in [0.5, 0.6) is 0 Å². The lowest BCUT2D eigenvalue weighted by molar-refractivity contribution is -0.132. The molecule has 0 spiro atoms. The van der Waals surface area contributed by atoms with Crippen LogP contribution in [0.25, 0.3) is 10.8 Å². The minimum atomic E-state index is -0.661. The van der Waals surface area contributed by atoms with E-state index in [1.807, 2.05) is 56.3 Å². The number of rotatable bonds is 4. The summed E-state index contributed by atoms with van der Waals surface area (Å²) in [7, 11) is 0. The summed E-state index contributed by atoms with van der Waals surface area (Å²) in [5.41, 5.74) is 0.843. The summed E-state index contributed by atoms with van der Waals surface area (Å²) in [5, 5.41) is 12.6. The van der Waals surface area contributed by atoms with Gasteiger partial charge in [0.15, 0.2) is 0 Å². The fourth-order valence-electron chi connectivity index (χ4n) is 2.41. The zero-order valence-electron chi connectivity index (χ0n) is 12.2. The molecule has 106 valence electrons. The highest BCUT2D eigenvalue weighted by Gasteiger charge is 2.18. The molecule has 2 rings (SSSR count). The molecule has 2 aromatic rings. The van der Waals surface area contributed by atoms with Gasteiger partial charge in [-0.2, -0.15) is 0 Å². The van der Waals surface area contributed by atoms with E-state index in [0.29, 0.717) is 6.54 Å². The van der Waals surface area contributed by atoms with Gasteiger partial charge >= 0.3 is 0 Å². The molecule has 1 N–H and O–H groups in total. The highest BCUT2D eigenvalue weighted by atomic mass is 16.3. The minimum Gasteiger partial charge on any atom is -0.387 e. The molecule has 0 saturated carbocycles. The smallest absolute Gasteiger partial charge is 0.219 e. The Morgan fingerprint density at radius 2 is 1.80 bits per heavy atom. The van der Waals surface area contributed by atoms with E-state index >= 15 is 0 Å². The highest BCUT2D eigenvalue weighted by Crippen LogP contribution is 2.21. The van der Waals surface area contributed by atoms with Crippen molar-refractivity contribution in [3.63, 3.8) is 0 Å². The van der Waals surface area contributed by atoms with Crippen LogP contribution in [0.15, 0.2) is 42.5 Å². The summed E-state index contributed by atoms with van der Waals surface area (Å²) >= 11 is 0. The number of aliphatic hydroxyl groups is 1. The van der Waals surface area contributed by atoms with Crippen molar-refractivity contribution in [1.29, 1.82) is 0 Å². The fourth-order valence-corrected chi connectivity index (χ4v) is 2.41. The van der Waals surface area contributed by atoms with E-state index in [1.165, 1.54) is 6.92 Å². The molecule has 0 aliphatic rings. The zero-order valence-corrected chi connectivity index (χ0v) is 12.2. The van der Waals surface area contributed by atoms with Gasteiger partial charge in [0, 0.05) is 13.0 Å². The van der Waals surface area contributed by atoms with Crippen molar-refractivity contribution in [2.24, 2.45) is 0 Å². The van der Waals surface area contributed by atoms with Gasteiger partial charge in [-0.1, -0.05) is 36.4 Å². The average Bonchev–Trinajstić information content (AvgIpc) is 2.43. The normalized spacial score (nSPS) is 12.7. The SMILES string of the molecule is CC(=O)N(C[C@H](O)c1ccc2ccccc2c1)C(C)C. The molecule has 0 bridgehead atoms. The molecule has 0 aliphatic carbocycles. The van der Waals surface area contributed by atoms with Gasteiger partial charge in [0.2, 0.25) is 5.91 Å². The number of fused-ring (bicyclic) bond motifs is 1. The van der Waals surface area contributed by atoms with E-state index in [0.717, 1.165) is 16.3 Å². The van der Waals surface area contributed by atoms with Crippen LogP contribution in [0, 0.1) is 0 Å². The summed E-state index contributed by atoms with van der Waals surface area (Å²) < 4.78 is 0. The monoisotopic (exact) mass is 271 g/mol. The molecule has 1 amide bonds. The van der Waals surface area contributed by atoms with E-state index in [2.05, 4.69) is 0 Å². The second kappa shape index (κ2) is 6.06. The Morgan fingerprint density at radius 1 is 1.15 bits per heavy atom. The van der Waals surface area contributed by atoms with E-state index in [1.54, 1.807) is 4.90 Å². The zero-order chi connectivity index (χ0) is 14.7. The van der Waals surface area contributed by atoms with Crippen LogP contribution < -0.4 is 0 Å². The first-order chi connectivity index (χ1) is 9.49. The molecule has 3 nitrogen and oxygen atoms in total. The molecule has 1 atom stereocenters. The van der Waals surface area contributed by atoms with Gasteiger partial charge in [0.05, 0.1) is 12.6 Å². The second-order valence-corrected chi connectivity index (χ2v) is 5.39. The number of carbonyl (C=O) groups is 1. The number of nitrogens with zero attached hydrogens (tertiary/aromatic N) is 1. The van der Waals surface area contributed by atoms with Crippen LogP contribution in [0.3, 0.4) is 0 Å². The highest BCUT2D eigenvalue weighted by molar-refractivity contribution is 5.83. The summed E-state index contributed by atoms with van der Waals surface area (Å²) in [6.45, 7) is 5.77. The van der Waals surface area contributed by atoms with Crippen LogP contribution in [0.4, 0.5) is 0 Å². The predicted octanol–water partition coefficient (Wildman–Crippen LogP) is 3.13. The standard InChI is InChI=1S/C17H21NO2/c1-12(2)18(13(3)19)11-17(20)16-9-8-14-6-4-5-7-15(14)10-16/h4-10,12,17,20H,11H2,1-3H3/t17-/m0/s1. The van der Waals surface area contributed by atoms with Crippen molar-refractivity contribution in [1.82, 2.24) is 4.90 Å². The predicted molar refractivity (Wildman–Crippen MR) is 81.4 cm³/mol. The van der Waals surface area contributed by atoms with Gasteiger partial charge in [0.25, 0.3) is 0 Å².